The summed E-state index contributed by atoms with van der Waals surface area (Å²) in [4.78, 5) is 30.1. The quantitative estimate of drug-likeness (QED) is 0.724. The van der Waals surface area contributed by atoms with E-state index in [9.17, 15) is 18.0 Å². The summed E-state index contributed by atoms with van der Waals surface area (Å²) in [6.07, 6.45) is 0.0534. The largest absolute Gasteiger partial charge is 0.339 e. The summed E-state index contributed by atoms with van der Waals surface area (Å²) in [5.41, 5.74) is 0. The fraction of sp³-hybridized carbons (Fsp3) is 0.368. The summed E-state index contributed by atoms with van der Waals surface area (Å²) in [6.45, 7) is 3.78. The van der Waals surface area contributed by atoms with Gasteiger partial charge in [-0.25, -0.2) is 13.1 Å². The van der Waals surface area contributed by atoms with Crippen LogP contribution in [0.3, 0.4) is 0 Å². The average molecular weight is 456 g/mol. The second kappa shape index (κ2) is 9.25. The van der Waals surface area contributed by atoms with Crippen LogP contribution >= 0.6 is 22.9 Å². The SMILES string of the molecule is Cc1ccc(C(=O)N2CCN(C(=O)CCNS(=O)(=O)c3cccc(Cl)c3)CC2)s1. The third kappa shape index (κ3) is 5.57. The zero-order valence-corrected chi connectivity index (χ0v) is 18.3. The van der Waals surface area contributed by atoms with Crippen LogP contribution in [0, 0.1) is 6.92 Å². The topological polar surface area (TPSA) is 86.8 Å². The van der Waals surface area contributed by atoms with Crippen LogP contribution < -0.4 is 4.72 Å². The van der Waals surface area contributed by atoms with Gasteiger partial charge in [-0.3, -0.25) is 9.59 Å². The first-order chi connectivity index (χ1) is 13.8. The van der Waals surface area contributed by atoms with E-state index in [2.05, 4.69) is 4.72 Å². The second-order valence-corrected chi connectivity index (χ2v) is 10.2. The predicted molar refractivity (Wildman–Crippen MR) is 113 cm³/mol. The molecule has 0 unspecified atom stereocenters. The zero-order valence-electron chi connectivity index (χ0n) is 15.9. The Morgan fingerprint density at radius 2 is 1.79 bits per heavy atom. The Kier molecular flexibility index (Phi) is 6.94. The lowest BCUT2D eigenvalue weighted by Crippen LogP contribution is -2.50. The molecule has 2 amide bonds. The van der Waals surface area contributed by atoms with Gasteiger partial charge in [0.25, 0.3) is 5.91 Å². The van der Waals surface area contributed by atoms with Crippen molar-refractivity contribution in [3.63, 3.8) is 0 Å². The highest BCUT2D eigenvalue weighted by Gasteiger charge is 2.25. The van der Waals surface area contributed by atoms with Crippen molar-refractivity contribution < 1.29 is 18.0 Å². The molecule has 1 saturated heterocycles. The molecular weight excluding hydrogens is 434 g/mol. The van der Waals surface area contributed by atoms with E-state index in [4.69, 9.17) is 11.6 Å². The standard InChI is InChI=1S/C19H22ClN3O4S2/c1-14-5-6-17(28-14)19(25)23-11-9-22(10-12-23)18(24)7-8-21-29(26,27)16-4-2-3-15(20)13-16/h2-6,13,21H,7-12H2,1H3. The first-order valence-electron chi connectivity index (χ1n) is 9.15. The number of nitrogens with one attached hydrogen (secondary N) is 1. The molecule has 7 nitrogen and oxygen atoms in total. The molecule has 1 N–H and O–H groups in total. The third-order valence-electron chi connectivity index (χ3n) is 4.61. The number of aryl methyl sites for hydroxylation is 1. The van der Waals surface area contributed by atoms with Crippen molar-refractivity contribution in [3.05, 3.63) is 51.2 Å². The highest BCUT2D eigenvalue weighted by atomic mass is 35.5. The third-order valence-corrected chi connectivity index (χ3v) is 7.29. The summed E-state index contributed by atoms with van der Waals surface area (Å²) >= 11 is 7.29. The molecule has 3 rings (SSSR count). The molecule has 1 fully saturated rings. The molecule has 156 valence electrons. The van der Waals surface area contributed by atoms with Crippen LogP contribution in [0.2, 0.25) is 5.02 Å². The summed E-state index contributed by atoms with van der Waals surface area (Å²) < 4.78 is 26.9. The average Bonchev–Trinajstić information content (AvgIpc) is 3.13. The smallest absolute Gasteiger partial charge is 0.264 e. The molecule has 2 heterocycles. The fourth-order valence-electron chi connectivity index (χ4n) is 3.03. The van der Waals surface area contributed by atoms with E-state index in [1.54, 1.807) is 21.9 Å². The maximum Gasteiger partial charge on any atom is 0.264 e. The van der Waals surface area contributed by atoms with Crippen molar-refractivity contribution in [2.45, 2.75) is 18.2 Å². The number of halogens is 1. The molecule has 0 spiro atoms. The number of nitrogens with zero attached hydrogens (tertiary/aromatic N) is 2. The maximum absolute atomic E-state index is 12.5. The molecule has 0 saturated carbocycles. The van der Waals surface area contributed by atoms with E-state index in [1.165, 1.54) is 23.5 Å². The van der Waals surface area contributed by atoms with E-state index < -0.39 is 10.0 Å². The van der Waals surface area contributed by atoms with Gasteiger partial charge in [-0.1, -0.05) is 17.7 Å². The predicted octanol–water partition coefficient (Wildman–Crippen LogP) is 2.36. The minimum absolute atomic E-state index is 0.00129. The van der Waals surface area contributed by atoms with Crippen LogP contribution in [-0.4, -0.2) is 62.8 Å². The Labute approximate surface area is 179 Å². The Morgan fingerprint density at radius 1 is 1.10 bits per heavy atom. The molecule has 0 aliphatic carbocycles. The molecule has 0 radical (unpaired) electrons. The number of carbonyl (C=O) groups is 2. The van der Waals surface area contributed by atoms with E-state index >= 15 is 0 Å². The van der Waals surface area contributed by atoms with Crippen molar-refractivity contribution in [3.8, 4) is 0 Å². The lowest BCUT2D eigenvalue weighted by atomic mass is 10.2. The van der Waals surface area contributed by atoms with Crippen molar-refractivity contribution in [1.82, 2.24) is 14.5 Å². The molecule has 1 aliphatic heterocycles. The number of benzene rings is 1. The van der Waals surface area contributed by atoms with Gasteiger partial charge in [-0.15, -0.1) is 11.3 Å². The van der Waals surface area contributed by atoms with Gasteiger partial charge in [0, 0.05) is 49.0 Å². The number of thiophene rings is 1. The summed E-state index contributed by atoms with van der Waals surface area (Å²) in [6, 6.07) is 9.70. The van der Waals surface area contributed by atoms with Crippen LogP contribution in [0.5, 0.6) is 0 Å². The minimum Gasteiger partial charge on any atom is -0.339 e. The van der Waals surface area contributed by atoms with Crippen molar-refractivity contribution >= 4 is 44.8 Å². The van der Waals surface area contributed by atoms with E-state index in [1.807, 2.05) is 19.1 Å². The monoisotopic (exact) mass is 455 g/mol. The van der Waals surface area contributed by atoms with Crippen molar-refractivity contribution in [2.24, 2.45) is 0 Å². The minimum atomic E-state index is -3.71. The van der Waals surface area contributed by atoms with Crippen LogP contribution in [0.25, 0.3) is 0 Å². The number of hydrogen-bond acceptors (Lipinski definition) is 5. The number of sulfonamides is 1. The number of rotatable bonds is 6. The fourth-order valence-corrected chi connectivity index (χ4v) is 5.20. The van der Waals surface area contributed by atoms with Gasteiger partial charge in [0.05, 0.1) is 9.77 Å². The van der Waals surface area contributed by atoms with E-state index in [0.717, 1.165) is 4.88 Å². The summed E-state index contributed by atoms with van der Waals surface area (Å²) in [7, 11) is -3.71. The number of hydrogen-bond donors (Lipinski definition) is 1. The second-order valence-electron chi connectivity index (χ2n) is 6.69. The molecule has 10 heteroatoms. The zero-order chi connectivity index (χ0) is 21.0. The summed E-state index contributed by atoms with van der Waals surface area (Å²) in [5, 5.41) is 0.328. The normalized spacial score (nSPS) is 14.8. The first kappa shape index (κ1) is 21.8. The molecular formula is C19H22ClN3O4S2. The first-order valence-corrected chi connectivity index (χ1v) is 11.8. The lowest BCUT2D eigenvalue weighted by molar-refractivity contribution is -0.132. The Morgan fingerprint density at radius 3 is 2.41 bits per heavy atom. The van der Waals surface area contributed by atoms with Crippen LogP contribution in [0.1, 0.15) is 21.0 Å². The Hall–Kier alpha value is -1.94. The van der Waals surface area contributed by atoms with Crippen LogP contribution in [-0.2, 0) is 14.8 Å². The molecule has 29 heavy (non-hydrogen) atoms. The molecule has 1 aliphatic rings. The number of carbonyl (C=O) groups excluding carboxylic acids is 2. The summed E-state index contributed by atoms with van der Waals surface area (Å²) in [5.74, 6) is -0.151. The highest BCUT2D eigenvalue weighted by Crippen LogP contribution is 2.18. The number of amides is 2. The van der Waals surface area contributed by atoms with Gasteiger partial charge in [0.1, 0.15) is 0 Å². The van der Waals surface area contributed by atoms with Gasteiger partial charge < -0.3 is 9.80 Å². The van der Waals surface area contributed by atoms with Gasteiger partial charge in [-0.2, -0.15) is 0 Å². The Bertz CT molecular complexity index is 998. The van der Waals surface area contributed by atoms with Crippen molar-refractivity contribution in [1.29, 1.82) is 0 Å². The van der Waals surface area contributed by atoms with Crippen molar-refractivity contribution in [2.75, 3.05) is 32.7 Å². The van der Waals surface area contributed by atoms with E-state index in [0.29, 0.717) is 36.1 Å². The lowest BCUT2D eigenvalue weighted by Gasteiger charge is -2.34. The molecule has 2 aromatic rings. The number of piperazine rings is 1. The van der Waals surface area contributed by atoms with Gasteiger partial charge in [-0.05, 0) is 37.3 Å². The Balaban J connectivity index is 1.46. The van der Waals surface area contributed by atoms with Gasteiger partial charge in [0.15, 0.2) is 0 Å². The highest BCUT2D eigenvalue weighted by molar-refractivity contribution is 7.89. The van der Waals surface area contributed by atoms with Crippen LogP contribution in [0.15, 0.2) is 41.3 Å². The molecule has 0 atom stereocenters. The molecule has 1 aromatic carbocycles. The van der Waals surface area contributed by atoms with Crippen LogP contribution in [0.4, 0.5) is 0 Å². The maximum atomic E-state index is 12.5. The van der Waals surface area contributed by atoms with Gasteiger partial charge in [0.2, 0.25) is 15.9 Å². The van der Waals surface area contributed by atoms with E-state index in [-0.39, 0.29) is 29.7 Å². The van der Waals surface area contributed by atoms with Gasteiger partial charge >= 0.3 is 0 Å². The molecule has 1 aromatic heterocycles. The molecule has 0 bridgehead atoms.